The summed E-state index contributed by atoms with van der Waals surface area (Å²) in [7, 11) is 2.21. The van der Waals surface area contributed by atoms with Crippen LogP contribution in [0.4, 0.5) is 0 Å². The maximum absolute atomic E-state index is 4.14. The average Bonchev–Trinajstić information content (AvgIpc) is 2.33. The predicted molar refractivity (Wildman–Crippen MR) is 71.0 cm³/mol. The number of hydrogen-bond donors (Lipinski definition) is 1. The first-order valence-electron chi connectivity index (χ1n) is 6.56. The number of piperidine rings is 1. The summed E-state index contributed by atoms with van der Waals surface area (Å²) in [6, 6.07) is 4.84. The van der Waals surface area contributed by atoms with E-state index in [0.717, 1.165) is 18.9 Å². The minimum absolute atomic E-state index is 0.683. The van der Waals surface area contributed by atoms with Crippen molar-refractivity contribution in [3.63, 3.8) is 0 Å². The molecule has 0 aromatic carbocycles. The summed E-state index contributed by atoms with van der Waals surface area (Å²) in [5, 5.41) is 3.69. The Morgan fingerprint density at radius 3 is 3.12 bits per heavy atom. The molecule has 1 N–H and O–H groups in total. The van der Waals surface area contributed by atoms with Gasteiger partial charge in [-0.1, -0.05) is 13.0 Å². The molecular weight excluding hydrogens is 210 g/mol. The van der Waals surface area contributed by atoms with Gasteiger partial charge in [0.25, 0.3) is 0 Å². The van der Waals surface area contributed by atoms with Gasteiger partial charge in [0.1, 0.15) is 0 Å². The fourth-order valence-corrected chi connectivity index (χ4v) is 2.61. The van der Waals surface area contributed by atoms with E-state index >= 15 is 0 Å². The van der Waals surface area contributed by atoms with Crippen LogP contribution in [0.25, 0.3) is 0 Å². The molecule has 0 aliphatic carbocycles. The van der Waals surface area contributed by atoms with Gasteiger partial charge in [0.15, 0.2) is 0 Å². The van der Waals surface area contributed by atoms with Crippen molar-refractivity contribution in [3.8, 4) is 0 Å². The highest BCUT2D eigenvalue weighted by Gasteiger charge is 2.23. The lowest BCUT2D eigenvalue weighted by atomic mass is 9.94. The Morgan fingerprint density at radius 2 is 2.41 bits per heavy atom. The van der Waals surface area contributed by atoms with E-state index in [1.807, 2.05) is 18.5 Å². The standard InChI is InChI=1S/C14H23N3/c1-12-11-17(2)9-6-14(12)16-8-5-13-4-3-7-15-10-13/h3-4,7,10,12,14,16H,5-6,8-9,11H2,1-2H3. The maximum atomic E-state index is 4.14. The summed E-state index contributed by atoms with van der Waals surface area (Å²) in [6.45, 7) is 5.83. The molecule has 94 valence electrons. The molecule has 0 spiro atoms. The van der Waals surface area contributed by atoms with E-state index in [2.05, 4.69) is 35.2 Å². The second-order valence-corrected chi connectivity index (χ2v) is 5.20. The summed E-state index contributed by atoms with van der Waals surface area (Å²) in [5.74, 6) is 0.752. The number of aromatic nitrogens is 1. The average molecular weight is 233 g/mol. The van der Waals surface area contributed by atoms with Crippen molar-refractivity contribution in [1.82, 2.24) is 15.2 Å². The lowest BCUT2D eigenvalue weighted by molar-refractivity contribution is 0.176. The van der Waals surface area contributed by atoms with E-state index in [9.17, 15) is 0 Å². The van der Waals surface area contributed by atoms with E-state index in [-0.39, 0.29) is 0 Å². The van der Waals surface area contributed by atoms with E-state index < -0.39 is 0 Å². The molecular formula is C14H23N3. The molecule has 1 aliphatic rings. The molecule has 17 heavy (non-hydrogen) atoms. The van der Waals surface area contributed by atoms with Gasteiger partial charge in [0.05, 0.1) is 0 Å². The van der Waals surface area contributed by atoms with Gasteiger partial charge in [-0.3, -0.25) is 4.98 Å². The Balaban J connectivity index is 1.72. The third kappa shape index (κ3) is 3.79. The number of nitrogens with one attached hydrogen (secondary N) is 1. The number of nitrogens with zero attached hydrogens (tertiary/aromatic N) is 2. The second-order valence-electron chi connectivity index (χ2n) is 5.20. The Bertz CT molecular complexity index is 325. The highest BCUT2D eigenvalue weighted by atomic mass is 15.1. The Hall–Kier alpha value is -0.930. The first-order chi connectivity index (χ1) is 8.25. The summed E-state index contributed by atoms with van der Waals surface area (Å²) in [6.07, 6.45) is 6.13. The summed E-state index contributed by atoms with van der Waals surface area (Å²) in [4.78, 5) is 6.56. The lowest BCUT2D eigenvalue weighted by Gasteiger charge is -2.35. The molecule has 0 saturated carbocycles. The first kappa shape index (κ1) is 12.5. The monoisotopic (exact) mass is 233 g/mol. The van der Waals surface area contributed by atoms with Crippen LogP contribution in [0, 0.1) is 5.92 Å². The molecule has 2 atom stereocenters. The minimum Gasteiger partial charge on any atom is -0.313 e. The van der Waals surface area contributed by atoms with Crippen LogP contribution in [-0.4, -0.2) is 42.6 Å². The van der Waals surface area contributed by atoms with Crippen LogP contribution in [0.5, 0.6) is 0 Å². The van der Waals surface area contributed by atoms with Crippen LogP contribution in [0.2, 0.25) is 0 Å². The van der Waals surface area contributed by atoms with Gasteiger partial charge in [-0.25, -0.2) is 0 Å². The fourth-order valence-electron chi connectivity index (χ4n) is 2.61. The predicted octanol–water partition coefficient (Wildman–Crippen LogP) is 1.55. The number of pyridine rings is 1. The molecule has 2 unspecified atom stereocenters. The van der Waals surface area contributed by atoms with Crippen LogP contribution in [-0.2, 0) is 6.42 Å². The SMILES string of the molecule is CC1CN(C)CCC1NCCc1cccnc1. The molecule has 1 aliphatic heterocycles. The molecule has 1 fully saturated rings. The molecule has 1 aromatic rings. The summed E-state index contributed by atoms with van der Waals surface area (Å²) >= 11 is 0. The van der Waals surface area contributed by atoms with Crippen LogP contribution < -0.4 is 5.32 Å². The van der Waals surface area contributed by atoms with Crippen molar-refractivity contribution in [1.29, 1.82) is 0 Å². The van der Waals surface area contributed by atoms with Gasteiger partial charge in [-0.15, -0.1) is 0 Å². The molecule has 1 aromatic heterocycles. The Labute approximate surface area is 104 Å². The zero-order valence-corrected chi connectivity index (χ0v) is 10.9. The minimum atomic E-state index is 0.683. The number of likely N-dealkylation sites (tertiary alicyclic amines) is 1. The van der Waals surface area contributed by atoms with Crippen molar-refractivity contribution < 1.29 is 0 Å². The van der Waals surface area contributed by atoms with E-state index in [1.165, 1.54) is 25.1 Å². The van der Waals surface area contributed by atoms with E-state index in [0.29, 0.717) is 6.04 Å². The topological polar surface area (TPSA) is 28.2 Å². The quantitative estimate of drug-likeness (QED) is 0.855. The first-order valence-corrected chi connectivity index (χ1v) is 6.56. The largest absolute Gasteiger partial charge is 0.313 e. The van der Waals surface area contributed by atoms with E-state index in [1.54, 1.807) is 0 Å². The van der Waals surface area contributed by atoms with Gasteiger partial charge >= 0.3 is 0 Å². The molecule has 0 amide bonds. The normalized spacial score (nSPS) is 26.0. The number of hydrogen-bond acceptors (Lipinski definition) is 3. The van der Waals surface area contributed by atoms with Crippen molar-refractivity contribution >= 4 is 0 Å². The Kier molecular flexibility index (Phi) is 4.51. The van der Waals surface area contributed by atoms with Crippen molar-refractivity contribution in [2.75, 3.05) is 26.7 Å². The summed E-state index contributed by atoms with van der Waals surface area (Å²) < 4.78 is 0. The number of rotatable bonds is 4. The zero-order valence-electron chi connectivity index (χ0n) is 10.9. The molecule has 2 heterocycles. The van der Waals surface area contributed by atoms with E-state index in [4.69, 9.17) is 0 Å². The third-order valence-corrected chi connectivity index (χ3v) is 3.65. The van der Waals surface area contributed by atoms with Gasteiger partial charge in [0.2, 0.25) is 0 Å². The van der Waals surface area contributed by atoms with Gasteiger partial charge < -0.3 is 10.2 Å². The van der Waals surface area contributed by atoms with Crippen molar-refractivity contribution in [2.24, 2.45) is 5.92 Å². The van der Waals surface area contributed by atoms with Crippen LogP contribution in [0.3, 0.4) is 0 Å². The Morgan fingerprint density at radius 1 is 1.53 bits per heavy atom. The molecule has 0 bridgehead atoms. The van der Waals surface area contributed by atoms with Crippen molar-refractivity contribution in [3.05, 3.63) is 30.1 Å². The smallest absolute Gasteiger partial charge is 0.0300 e. The van der Waals surface area contributed by atoms with Crippen LogP contribution in [0.1, 0.15) is 18.9 Å². The molecule has 1 saturated heterocycles. The molecule has 3 heteroatoms. The lowest BCUT2D eigenvalue weighted by Crippen LogP contribution is -2.47. The van der Waals surface area contributed by atoms with Crippen LogP contribution >= 0.6 is 0 Å². The summed E-state index contributed by atoms with van der Waals surface area (Å²) in [5.41, 5.74) is 1.32. The highest BCUT2D eigenvalue weighted by Crippen LogP contribution is 2.15. The molecule has 0 radical (unpaired) electrons. The van der Waals surface area contributed by atoms with Crippen LogP contribution in [0.15, 0.2) is 24.5 Å². The second kappa shape index (κ2) is 6.12. The van der Waals surface area contributed by atoms with Gasteiger partial charge in [-0.05, 0) is 50.5 Å². The maximum Gasteiger partial charge on any atom is 0.0300 e. The van der Waals surface area contributed by atoms with Crippen molar-refractivity contribution in [2.45, 2.75) is 25.8 Å². The van der Waals surface area contributed by atoms with Gasteiger partial charge in [-0.2, -0.15) is 0 Å². The molecule has 2 rings (SSSR count). The fraction of sp³-hybridized carbons (Fsp3) is 0.643. The molecule has 3 nitrogen and oxygen atoms in total. The third-order valence-electron chi connectivity index (χ3n) is 3.65. The zero-order chi connectivity index (χ0) is 12.1. The highest BCUT2D eigenvalue weighted by molar-refractivity contribution is 5.08. The van der Waals surface area contributed by atoms with Gasteiger partial charge in [0, 0.05) is 25.0 Å².